The summed E-state index contributed by atoms with van der Waals surface area (Å²) in [7, 11) is 0. The number of nitro groups is 1. The number of hydrogen-bond acceptors (Lipinski definition) is 3. The molecule has 0 heterocycles. The number of rotatable bonds is 5. The summed E-state index contributed by atoms with van der Waals surface area (Å²) in [6.07, 6.45) is 0.823. The lowest BCUT2D eigenvalue weighted by Gasteiger charge is -2.23. The average Bonchev–Trinajstić information content (AvgIpc) is 2.31. The number of benzene rings is 1. The average molecular weight is 316 g/mol. The smallest absolute Gasteiger partial charge is 0.309 e. The highest BCUT2D eigenvalue weighted by atomic mass is 79.9. The largest absolute Gasteiger partial charge is 0.481 e. The van der Waals surface area contributed by atoms with Gasteiger partial charge in [0.15, 0.2) is 0 Å². The lowest BCUT2D eigenvalue weighted by molar-refractivity contribution is -0.384. The zero-order chi connectivity index (χ0) is 13.9. The van der Waals surface area contributed by atoms with Crippen molar-refractivity contribution in [3.8, 4) is 0 Å². The maximum absolute atomic E-state index is 11.2. The van der Waals surface area contributed by atoms with E-state index in [9.17, 15) is 20.0 Å². The standard InChI is InChI=1S/C12H14BrNO4/c1-3-12(2,11(15)16)7-8-4-5-9(14(17)18)6-10(8)13/h4-6H,3,7H2,1-2H3,(H,15,16). The predicted octanol–water partition coefficient (Wildman–Crippen LogP) is 3.40. The van der Waals surface area contributed by atoms with Gasteiger partial charge in [-0.2, -0.15) is 0 Å². The molecule has 0 aromatic heterocycles. The zero-order valence-electron chi connectivity index (χ0n) is 10.1. The van der Waals surface area contributed by atoms with Crippen LogP contribution in [0.4, 0.5) is 5.69 Å². The third-order valence-electron chi connectivity index (χ3n) is 3.12. The molecule has 1 N–H and O–H groups in total. The quantitative estimate of drug-likeness (QED) is 0.667. The van der Waals surface area contributed by atoms with Crippen LogP contribution < -0.4 is 0 Å². The Balaban J connectivity index is 3.05. The molecule has 0 aliphatic rings. The molecule has 1 rings (SSSR count). The molecule has 0 radical (unpaired) electrons. The number of nitrogens with zero attached hydrogens (tertiary/aromatic N) is 1. The van der Waals surface area contributed by atoms with E-state index in [1.54, 1.807) is 13.0 Å². The molecule has 6 heteroatoms. The molecule has 0 aliphatic heterocycles. The fourth-order valence-corrected chi connectivity index (χ4v) is 2.07. The first-order valence-corrected chi connectivity index (χ1v) is 6.25. The van der Waals surface area contributed by atoms with E-state index >= 15 is 0 Å². The molecule has 0 aliphatic carbocycles. The van der Waals surface area contributed by atoms with E-state index in [1.165, 1.54) is 12.1 Å². The van der Waals surface area contributed by atoms with E-state index in [2.05, 4.69) is 15.9 Å². The molecule has 0 saturated heterocycles. The summed E-state index contributed by atoms with van der Waals surface area (Å²) in [4.78, 5) is 21.3. The minimum atomic E-state index is -0.866. The Morgan fingerprint density at radius 3 is 2.56 bits per heavy atom. The molecule has 1 aromatic carbocycles. The number of carboxylic acid groups (broad SMARTS) is 1. The van der Waals surface area contributed by atoms with E-state index in [0.717, 1.165) is 5.56 Å². The third kappa shape index (κ3) is 3.07. The van der Waals surface area contributed by atoms with Crippen LogP contribution in [0.15, 0.2) is 22.7 Å². The third-order valence-corrected chi connectivity index (χ3v) is 3.86. The zero-order valence-corrected chi connectivity index (χ0v) is 11.7. The fourth-order valence-electron chi connectivity index (χ4n) is 1.57. The number of non-ortho nitro benzene ring substituents is 1. The normalized spacial score (nSPS) is 13.9. The van der Waals surface area contributed by atoms with E-state index < -0.39 is 16.3 Å². The van der Waals surface area contributed by atoms with Gasteiger partial charge in [-0.3, -0.25) is 14.9 Å². The second kappa shape index (κ2) is 5.48. The van der Waals surface area contributed by atoms with E-state index in [0.29, 0.717) is 17.3 Å². The van der Waals surface area contributed by atoms with Gasteiger partial charge in [0.1, 0.15) is 0 Å². The van der Waals surface area contributed by atoms with Crippen LogP contribution in [0, 0.1) is 15.5 Å². The molecule has 1 aromatic rings. The van der Waals surface area contributed by atoms with Crippen LogP contribution in [0.25, 0.3) is 0 Å². The maximum Gasteiger partial charge on any atom is 0.309 e. The number of nitro benzene ring substituents is 1. The van der Waals surface area contributed by atoms with Crippen molar-refractivity contribution in [2.45, 2.75) is 26.7 Å². The van der Waals surface area contributed by atoms with Crippen molar-refractivity contribution >= 4 is 27.6 Å². The van der Waals surface area contributed by atoms with Crippen LogP contribution in [0.3, 0.4) is 0 Å². The Kier molecular flexibility index (Phi) is 4.45. The number of carboxylic acids is 1. The van der Waals surface area contributed by atoms with Gasteiger partial charge in [0.05, 0.1) is 10.3 Å². The molecule has 1 unspecified atom stereocenters. The van der Waals surface area contributed by atoms with Crippen molar-refractivity contribution in [2.75, 3.05) is 0 Å². The molecule has 0 spiro atoms. The van der Waals surface area contributed by atoms with Gasteiger partial charge in [-0.25, -0.2) is 0 Å². The maximum atomic E-state index is 11.2. The Labute approximate surface area is 113 Å². The van der Waals surface area contributed by atoms with Gasteiger partial charge >= 0.3 is 5.97 Å². The first-order valence-electron chi connectivity index (χ1n) is 5.46. The minimum absolute atomic E-state index is 0.0147. The van der Waals surface area contributed by atoms with Crippen molar-refractivity contribution < 1.29 is 14.8 Å². The first-order chi connectivity index (χ1) is 8.30. The second-order valence-electron chi connectivity index (χ2n) is 4.43. The first kappa shape index (κ1) is 14.6. The summed E-state index contributed by atoms with van der Waals surface area (Å²) in [6, 6.07) is 4.38. The Hall–Kier alpha value is -1.43. The van der Waals surface area contributed by atoms with Gasteiger partial charge in [-0.1, -0.05) is 28.9 Å². The van der Waals surface area contributed by atoms with Crippen molar-refractivity contribution in [2.24, 2.45) is 5.41 Å². The number of aliphatic carboxylic acids is 1. The lowest BCUT2D eigenvalue weighted by atomic mass is 9.81. The number of carbonyl (C=O) groups is 1. The Bertz CT molecular complexity index is 489. The molecule has 18 heavy (non-hydrogen) atoms. The summed E-state index contributed by atoms with van der Waals surface area (Å²) in [5, 5.41) is 19.8. The van der Waals surface area contributed by atoms with Crippen LogP contribution in [-0.2, 0) is 11.2 Å². The molecular weight excluding hydrogens is 302 g/mol. The monoisotopic (exact) mass is 315 g/mol. The fraction of sp³-hybridized carbons (Fsp3) is 0.417. The summed E-state index contributed by atoms with van der Waals surface area (Å²) in [6.45, 7) is 3.48. The van der Waals surface area contributed by atoms with E-state index in [1.807, 2.05) is 6.92 Å². The van der Waals surface area contributed by atoms with Crippen molar-refractivity contribution in [1.82, 2.24) is 0 Å². The van der Waals surface area contributed by atoms with Gasteiger partial charge in [0.25, 0.3) is 5.69 Å². The van der Waals surface area contributed by atoms with E-state index in [4.69, 9.17) is 0 Å². The topological polar surface area (TPSA) is 80.4 Å². The summed E-state index contributed by atoms with van der Waals surface area (Å²) >= 11 is 3.25. The molecule has 5 nitrogen and oxygen atoms in total. The van der Waals surface area contributed by atoms with Crippen molar-refractivity contribution in [1.29, 1.82) is 0 Å². The van der Waals surface area contributed by atoms with Crippen molar-refractivity contribution in [3.63, 3.8) is 0 Å². The van der Waals surface area contributed by atoms with Crippen LogP contribution >= 0.6 is 15.9 Å². The molecule has 0 bridgehead atoms. The SMILES string of the molecule is CCC(C)(Cc1ccc([N+](=O)[O-])cc1Br)C(=O)O. The van der Waals surface area contributed by atoms with Gasteiger partial charge < -0.3 is 5.11 Å². The number of halogens is 1. The van der Waals surface area contributed by atoms with Crippen LogP contribution in [0.2, 0.25) is 0 Å². The van der Waals surface area contributed by atoms with E-state index in [-0.39, 0.29) is 5.69 Å². The predicted molar refractivity (Wildman–Crippen MR) is 70.5 cm³/mol. The Morgan fingerprint density at radius 2 is 2.17 bits per heavy atom. The Morgan fingerprint density at radius 1 is 1.56 bits per heavy atom. The minimum Gasteiger partial charge on any atom is -0.481 e. The highest BCUT2D eigenvalue weighted by molar-refractivity contribution is 9.10. The van der Waals surface area contributed by atoms with Crippen LogP contribution in [-0.4, -0.2) is 16.0 Å². The lowest BCUT2D eigenvalue weighted by Crippen LogP contribution is -2.29. The molecule has 0 fully saturated rings. The number of hydrogen-bond donors (Lipinski definition) is 1. The van der Waals surface area contributed by atoms with Crippen LogP contribution in [0.1, 0.15) is 25.8 Å². The molecule has 0 amide bonds. The second-order valence-corrected chi connectivity index (χ2v) is 5.28. The summed E-state index contributed by atoms with van der Waals surface area (Å²) < 4.78 is 0.567. The van der Waals surface area contributed by atoms with Gasteiger partial charge in [-0.15, -0.1) is 0 Å². The molecule has 98 valence electrons. The molecule has 0 saturated carbocycles. The van der Waals surface area contributed by atoms with Gasteiger partial charge in [-0.05, 0) is 25.3 Å². The van der Waals surface area contributed by atoms with Gasteiger partial charge in [0.2, 0.25) is 0 Å². The highest BCUT2D eigenvalue weighted by Crippen LogP contribution is 2.32. The van der Waals surface area contributed by atoms with Crippen molar-refractivity contribution in [3.05, 3.63) is 38.3 Å². The highest BCUT2D eigenvalue weighted by Gasteiger charge is 2.32. The summed E-state index contributed by atoms with van der Waals surface area (Å²) in [5.41, 5.74) is -0.120. The van der Waals surface area contributed by atoms with Gasteiger partial charge in [0, 0.05) is 16.6 Å². The summed E-state index contributed by atoms with van der Waals surface area (Å²) in [5.74, 6) is -0.866. The molecule has 1 atom stereocenters. The van der Waals surface area contributed by atoms with Crippen LogP contribution in [0.5, 0.6) is 0 Å². The molecular formula is C12H14BrNO4.